The third-order valence-corrected chi connectivity index (χ3v) is 7.53. The van der Waals surface area contributed by atoms with Gasteiger partial charge in [0.15, 0.2) is 5.82 Å². The molecular weight excluding hydrogens is 456 g/mol. The van der Waals surface area contributed by atoms with E-state index in [0.717, 1.165) is 79.7 Å². The molecular formula is C27H38N6O3. The monoisotopic (exact) mass is 494 g/mol. The highest BCUT2D eigenvalue weighted by molar-refractivity contribution is 5.80. The molecule has 9 nitrogen and oxygen atoms in total. The van der Waals surface area contributed by atoms with Crippen molar-refractivity contribution in [2.24, 2.45) is 0 Å². The summed E-state index contributed by atoms with van der Waals surface area (Å²) >= 11 is 0. The SMILES string of the molecule is CCC[C@@H](c1nnnn1C1CCCC1)N(Cc1cc2cc(OCC)ccc2[nH]c1=O)C[C@H]1CCCO1. The maximum Gasteiger partial charge on any atom is 0.252 e. The minimum Gasteiger partial charge on any atom is -0.494 e. The maximum atomic E-state index is 13.2. The highest BCUT2D eigenvalue weighted by atomic mass is 16.5. The number of nitrogens with zero attached hydrogens (tertiary/aromatic N) is 5. The fourth-order valence-electron chi connectivity index (χ4n) is 5.75. The van der Waals surface area contributed by atoms with Gasteiger partial charge in [0.1, 0.15) is 5.75 Å². The number of rotatable bonds is 11. The Morgan fingerprint density at radius 2 is 2.06 bits per heavy atom. The van der Waals surface area contributed by atoms with E-state index in [2.05, 4.69) is 37.0 Å². The molecule has 0 bridgehead atoms. The Morgan fingerprint density at radius 3 is 2.81 bits per heavy atom. The number of hydrogen-bond donors (Lipinski definition) is 1. The average molecular weight is 495 g/mol. The lowest BCUT2D eigenvalue weighted by atomic mass is 10.0. The van der Waals surface area contributed by atoms with E-state index in [9.17, 15) is 4.79 Å². The Bertz CT molecular complexity index is 1200. The summed E-state index contributed by atoms with van der Waals surface area (Å²) in [6.45, 7) is 6.82. The molecule has 2 atom stereocenters. The van der Waals surface area contributed by atoms with E-state index in [4.69, 9.17) is 9.47 Å². The van der Waals surface area contributed by atoms with Crippen LogP contribution in [0.25, 0.3) is 10.9 Å². The second-order valence-electron chi connectivity index (χ2n) is 10.1. The van der Waals surface area contributed by atoms with Crippen LogP contribution < -0.4 is 10.3 Å². The van der Waals surface area contributed by atoms with E-state index in [1.54, 1.807) is 0 Å². The fraction of sp³-hybridized carbons (Fsp3) is 0.630. The first-order valence-corrected chi connectivity index (χ1v) is 13.6. The van der Waals surface area contributed by atoms with Crippen molar-refractivity contribution in [3.8, 4) is 5.75 Å². The van der Waals surface area contributed by atoms with Gasteiger partial charge in [0.05, 0.1) is 24.8 Å². The second-order valence-corrected chi connectivity index (χ2v) is 10.1. The van der Waals surface area contributed by atoms with Crippen LogP contribution in [0.1, 0.15) is 88.7 Å². The summed E-state index contributed by atoms with van der Waals surface area (Å²) in [7, 11) is 0. The van der Waals surface area contributed by atoms with Crippen molar-refractivity contribution in [3.05, 3.63) is 46.0 Å². The number of hydrogen-bond acceptors (Lipinski definition) is 7. The molecule has 0 amide bonds. The Kier molecular flexibility index (Phi) is 7.96. The summed E-state index contributed by atoms with van der Waals surface area (Å²) in [5.41, 5.74) is 1.48. The summed E-state index contributed by atoms with van der Waals surface area (Å²) in [4.78, 5) is 18.6. The summed E-state index contributed by atoms with van der Waals surface area (Å²) in [5.74, 6) is 1.72. The smallest absolute Gasteiger partial charge is 0.252 e. The van der Waals surface area contributed by atoms with Crippen molar-refractivity contribution in [1.29, 1.82) is 0 Å². The van der Waals surface area contributed by atoms with E-state index in [1.165, 1.54) is 12.8 Å². The van der Waals surface area contributed by atoms with Gasteiger partial charge in [-0.15, -0.1) is 5.10 Å². The number of ether oxygens (including phenoxy) is 2. The average Bonchev–Trinajstić information content (AvgIpc) is 3.66. The second kappa shape index (κ2) is 11.5. The van der Waals surface area contributed by atoms with Gasteiger partial charge in [-0.25, -0.2) is 4.68 Å². The van der Waals surface area contributed by atoms with Crippen LogP contribution in [0.3, 0.4) is 0 Å². The first kappa shape index (κ1) is 24.9. The van der Waals surface area contributed by atoms with Gasteiger partial charge in [-0.3, -0.25) is 9.69 Å². The van der Waals surface area contributed by atoms with Crippen LogP contribution >= 0.6 is 0 Å². The molecule has 2 aromatic heterocycles. The number of benzene rings is 1. The molecule has 1 saturated carbocycles. The van der Waals surface area contributed by atoms with Crippen molar-refractivity contribution < 1.29 is 9.47 Å². The Labute approximate surface area is 212 Å². The molecule has 2 aliphatic rings. The van der Waals surface area contributed by atoms with Crippen molar-refractivity contribution in [2.75, 3.05) is 19.8 Å². The number of aromatic amines is 1. The summed E-state index contributed by atoms with van der Waals surface area (Å²) in [6, 6.07) is 8.17. The molecule has 0 radical (unpaired) electrons. The third-order valence-electron chi connectivity index (χ3n) is 7.53. The molecule has 1 aliphatic carbocycles. The predicted octanol–water partition coefficient (Wildman–Crippen LogP) is 4.55. The Balaban J connectivity index is 1.50. The van der Waals surface area contributed by atoms with Gasteiger partial charge in [0.2, 0.25) is 0 Å². The van der Waals surface area contributed by atoms with Crippen LogP contribution in [0.15, 0.2) is 29.1 Å². The van der Waals surface area contributed by atoms with Gasteiger partial charge < -0.3 is 14.5 Å². The van der Waals surface area contributed by atoms with E-state index >= 15 is 0 Å². The van der Waals surface area contributed by atoms with Crippen molar-refractivity contribution in [2.45, 2.75) is 89.9 Å². The van der Waals surface area contributed by atoms with Crippen LogP contribution in [-0.4, -0.2) is 56.0 Å². The first-order valence-electron chi connectivity index (χ1n) is 13.6. The molecule has 194 valence electrons. The van der Waals surface area contributed by atoms with Crippen LogP contribution in [0.2, 0.25) is 0 Å². The van der Waals surface area contributed by atoms with Crippen molar-refractivity contribution >= 4 is 10.9 Å². The molecule has 3 aromatic rings. The number of aromatic nitrogens is 5. The molecule has 1 aliphatic heterocycles. The highest BCUT2D eigenvalue weighted by Crippen LogP contribution is 2.34. The molecule has 1 saturated heterocycles. The zero-order valence-corrected chi connectivity index (χ0v) is 21.5. The first-order chi connectivity index (χ1) is 17.7. The molecule has 0 unspecified atom stereocenters. The molecule has 2 fully saturated rings. The number of tetrazole rings is 1. The zero-order chi connectivity index (χ0) is 24.9. The minimum atomic E-state index is -0.0605. The van der Waals surface area contributed by atoms with E-state index < -0.39 is 0 Å². The van der Waals surface area contributed by atoms with E-state index in [1.807, 2.05) is 31.2 Å². The normalized spacial score (nSPS) is 19.5. The summed E-state index contributed by atoms with van der Waals surface area (Å²) in [5, 5.41) is 14.0. The molecule has 1 aromatic carbocycles. The van der Waals surface area contributed by atoms with Gasteiger partial charge in [0, 0.05) is 36.2 Å². The van der Waals surface area contributed by atoms with Crippen LogP contribution in [0.4, 0.5) is 0 Å². The number of fused-ring (bicyclic) bond motifs is 1. The van der Waals surface area contributed by atoms with Crippen molar-refractivity contribution in [1.82, 2.24) is 30.1 Å². The topological polar surface area (TPSA) is 98.2 Å². The Morgan fingerprint density at radius 1 is 1.19 bits per heavy atom. The standard InChI is InChI=1S/C27H38N6O3/c1-3-8-25(26-29-30-31-33(26)21-9-5-6-10-21)32(18-23-11-7-14-36-23)17-20-15-19-16-22(35-4-2)12-13-24(19)28-27(20)34/h12-13,15-16,21,23,25H,3-11,14,17-18H2,1-2H3,(H,28,34)/t23-,25+/m1/s1. The fourth-order valence-corrected chi connectivity index (χ4v) is 5.75. The summed E-state index contributed by atoms with van der Waals surface area (Å²) in [6.07, 6.45) is 8.86. The molecule has 0 spiro atoms. The zero-order valence-electron chi connectivity index (χ0n) is 21.5. The lowest BCUT2D eigenvalue weighted by Crippen LogP contribution is -2.38. The van der Waals surface area contributed by atoms with Gasteiger partial charge in [-0.2, -0.15) is 0 Å². The molecule has 1 N–H and O–H groups in total. The van der Waals surface area contributed by atoms with Gasteiger partial charge in [-0.1, -0.05) is 26.2 Å². The number of nitrogens with one attached hydrogen (secondary N) is 1. The van der Waals surface area contributed by atoms with E-state index in [-0.39, 0.29) is 17.7 Å². The predicted molar refractivity (Wildman–Crippen MR) is 138 cm³/mol. The Hall–Kier alpha value is -2.78. The molecule has 9 heteroatoms. The number of H-pyrrole nitrogens is 1. The lowest BCUT2D eigenvalue weighted by molar-refractivity contribution is 0.0471. The van der Waals surface area contributed by atoms with Crippen molar-refractivity contribution in [3.63, 3.8) is 0 Å². The molecule has 5 rings (SSSR count). The van der Waals surface area contributed by atoms with Gasteiger partial charge >= 0.3 is 0 Å². The number of pyridine rings is 1. The molecule has 36 heavy (non-hydrogen) atoms. The van der Waals surface area contributed by atoms with Crippen LogP contribution in [-0.2, 0) is 11.3 Å². The third kappa shape index (κ3) is 5.47. The highest BCUT2D eigenvalue weighted by Gasteiger charge is 2.32. The quantitative estimate of drug-likeness (QED) is 0.417. The van der Waals surface area contributed by atoms with Gasteiger partial charge in [0.25, 0.3) is 5.56 Å². The van der Waals surface area contributed by atoms with Gasteiger partial charge in [-0.05, 0) is 73.7 Å². The maximum absolute atomic E-state index is 13.2. The minimum absolute atomic E-state index is 0.0136. The lowest BCUT2D eigenvalue weighted by Gasteiger charge is -2.33. The molecule has 3 heterocycles. The largest absolute Gasteiger partial charge is 0.494 e. The van der Waals surface area contributed by atoms with Crippen LogP contribution in [0, 0.1) is 0 Å². The van der Waals surface area contributed by atoms with E-state index in [0.29, 0.717) is 19.2 Å². The summed E-state index contributed by atoms with van der Waals surface area (Å²) < 4.78 is 13.8. The van der Waals surface area contributed by atoms with Crippen LogP contribution in [0.5, 0.6) is 5.75 Å².